The van der Waals surface area contributed by atoms with Crippen molar-refractivity contribution in [2.24, 2.45) is 0 Å². The molecule has 15 aromatic rings. The summed E-state index contributed by atoms with van der Waals surface area (Å²) < 4.78 is 14.3. The minimum absolute atomic E-state index is 0.413. The zero-order chi connectivity index (χ0) is 47.4. The number of furan rings is 1. The van der Waals surface area contributed by atoms with E-state index in [4.69, 9.17) is 19.4 Å². The van der Waals surface area contributed by atoms with Crippen LogP contribution in [0.4, 0.5) is 0 Å². The van der Waals surface area contributed by atoms with E-state index < -0.39 is 0 Å². The summed E-state index contributed by atoms with van der Waals surface area (Å²) in [6.45, 7) is 0. The maximum atomic E-state index is 11.7. The third-order valence-corrected chi connectivity index (χ3v) is 15.3. The van der Waals surface area contributed by atoms with Gasteiger partial charge in [-0.05, 0) is 66.2 Å². The van der Waals surface area contributed by atoms with Crippen LogP contribution < -0.4 is 0 Å². The molecule has 0 bridgehead atoms. The van der Waals surface area contributed by atoms with E-state index >= 15 is 0 Å². The number of rotatable bonds is 6. The molecule has 0 aliphatic heterocycles. The van der Waals surface area contributed by atoms with Crippen LogP contribution in [0.3, 0.4) is 0 Å². The molecule has 0 atom stereocenters. The molecule has 0 aliphatic carbocycles. The number of benzene rings is 10. The Balaban J connectivity index is 1.12. The van der Waals surface area contributed by atoms with Gasteiger partial charge in [-0.15, -0.1) is 11.3 Å². The first-order chi connectivity index (χ1) is 35.7. The molecule has 0 saturated carbocycles. The first-order valence-corrected chi connectivity index (χ1v) is 24.7. The van der Waals surface area contributed by atoms with Gasteiger partial charge in [0, 0.05) is 80.4 Å². The molecule has 0 amide bonds. The third kappa shape index (κ3) is 5.92. The monoisotopic (exact) mass is 936 g/mol. The van der Waals surface area contributed by atoms with Gasteiger partial charge in [-0.2, -0.15) is 5.26 Å². The van der Waals surface area contributed by atoms with Crippen molar-refractivity contribution < 1.29 is 4.42 Å². The van der Waals surface area contributed by atoms with Crippen molar-refractivity contribution >= 4 is 97.1 Å². The summed E-state index contributed by atoms with van der Waals surface area (Å²) in [5, 5.41) is 20.3. The zero-order valence-corrected chi connectivity index (χ0v) is 39.1. The van der Waals surface area contributed by atoms with Gasteiger partial charge in [0.05, 0.1) is 27.6 Å². The Labute approximate surface area is 415 Å². The number of para-hydroxylation sites is 4. The molecule has 5 aromatic heterocycles. The lowest BCUT2D eigenvalue weighted by molar-refractivity contribution is 0.666. The van der Waals surface area contributed by atoms with E-state index in [2.05, 4.69) is 149 Å². The first kappa shape index (κ1) is 40.2. The fourth-order valence-electron chi connectivity index (χ4n) is 11.1. The van der Waals surface area contributed by atoms with Gasteiger partial charge in [0.25, 0.3) is 0 Å². The van der Waals surface area contributed by atoms with E-state index in [0.717, 1.165) is 82.3 Å². The normalized spacial score (nSPS) is 11.9. The quantitative estimate of drug-likeness (QED) is 0.166. The second-order valence-electron chi connectivity index (χ2n) is 18.2. The van der Waals surface area contributed by atoms with E-state index in [0.29, 0.717) is 45.5 Å². The van der Waals surface area contributed by atoms with Gasteiger partial charge in [0.1, 0.15) is 17.3 Å². The van der Waals surface area contributed by atoms with Crippen LogP contribution in [-0.2, 0) is 0 Å². The van der Waals surface area contributed by atoms with Crippen molar-refractivity contribution in [1.82, 2.24) is 24.1 Å². The van der Waals surface area contributed by atoms with Crippen LogP contribution in [-0.4, -0.2) is 24.1 Å². The molecular formula is C64H36N6OS. The van der Waals surface area contributed by atoms with Gasteiger partial charge in [-0.25, -0.2) is 15.0 Å². The Morgan fingerprint density at radius 2 is 1.00 bits per heavy atom. The van der Waals surface area contributed by atoms with Crippen LogP contribution in [0, 0.1) is 11.3 Å². The van der Waals surface area contributed by atoms with Crippen LogP contribution in [0.1, 0.15) is 5.56 Å². The molecule has 0 aliphatic rings. The fraction of sp³-hybridized carbons (Fsp3) is 0. The number of hydrogen-bond acceptors (Lipinski definition) is 6. The molecule has 72 heavy (non-hydrogen) atoms. The summed E-state index contributed by atoms with van der Waals surface area (Å²) >= 11 is 1.81. The number of nitriles is 1. The Bertz CT molecular complexity index is 4690. The largest absolute Gasteiger partial charge is 0.454 e. The van der Waals surface area contributed by atoms with E-state index in [1.165, 1.54) is 20.2 Å². The fourth-order valence-corrected chi connectivity index (χ4v) is 12.2. The Morgan fingerprint density at radius 1 is 0.417 bits per heavy atom. The van der Waals surface area contributed by atoms with Crippen LogP contribution in [0.5, 0.6) is 0 Å². The molecule has 0 unspecified atom stereocenters. The summed E-state index contributed by atoms with van der Waals surface area (Å²) in [7, 11) is 0. The zero-order valence-electron chi connectivity index (χ0n) is 38.3. The van der Waals surface area contributed by atoms with E-state index in [9.17, 15) is 5.26 Å². The standard InChI is InChI=1S/C64H36N6OS/c65-37-41-35-50(64-67-62(38-18-4-1-5-19-38)66-63(68-64)39-20-6-2-7-21-39)56-46-27-12-16-30-53(46)71-61(56)58(41)70-52-29-15-11-26-45(52)57-59(70)47(40-32-33-55-48(34-40)44-25-13-17-31-54(44)72-55)36-49-43-24-10-14-28-51(43)69(60(49)57)42-22-8-3-9-23-42/h1-36H. The van der Waals surface area contributed by atoms with Crippen LogP contribution in [0.2, 0.25) is 0 Å². The highest BCUT2D eigenvalue weighted by Gasteiger charge is 2.30. The Morgan fingerprint density at radius 3 is 1.72 bits per heavy atom. The van der Waals surface area contributed by atoms with Gasteiger partial charge in [0.15, 0.2) is 23.1 Å². The number of aromatic nitrogens is 5. The lowest BCUT2D eigenvalue weighted by Crippen LogP contribution is -2.03. The summed E-state index contributed by atoms with van der Waals surface area (Å²) in [5.41, 5.74) is 12.0. The maximum absolute atomic E-state index is 11.7. The van der Waals surface area contributed by atoms with Crippen molar-refractivity contribution in [2.45, 2.75) is 0 Å². The van der Waals surface area contributed by atoms with E-state index in [1.54, 1.807) is 0 Å². The topological polar surface area (TPSA) is 85.5 Å². The molecular weight excluding hydrogens is 901 g/mol. The van der Waals surface area contributed by atoms with Crippen LogP contribution in [0.15, 0.2) is 223 Å². The van der Waals surface area contributed by atoms with Crippen molar-refractivity contribution in [3.63, 3.8) is 0 Å². The average molecular weight is 937 g/mol. The van der Waals surface area contributed by atoms with Gasteiger partial charge < -0.3 is 13.6 Å². The van der Waals surface area contributed by atoms with Gasteiger partial charge >= 0.3 is 0 Å². The third-order valence-electron chi connectivity index (χ3n) is 14.2. The molecule has 0 fully saturated rings. The molecule has 0 radical (unpaired) electrons. The number of thiophene rings is 1. The minimum atomic E-state index is 0.413. The molecule has 15 rings (SSSR count). The lowest BCUT2D eigenvalue weighted by atomic mass is 9.96. The van der Waals surface area contributed by atoms with Gasteiger partial charge in [-0.1, -0.05) is 158 Å². The van der Waals surface area contributed by atoms with Crippen molar-refractivity contribution in [3.05, 3.63) is 224 Å². The lowest BCUT2D eigenvalue weighted by Gasteiger charge is -2.17. The number of nitrogens with zero attached hydrogens (tertiary/aromatic N) is 6. The highest BCUT2D eigenvalue weighted by Crippen LogP contribution is 2.50. The predicted octanol–water partition coefficient (Wildman–Crippen LogP) is 16.9. The molecule has 0 saturated heterocycles. The summed E-state index contributed by atoms with van der Waals surface area (Å²) in [6, 6.07) is 78.5. The molecule has 0 spiro atoms. The predicted molar refractivity (Wildman–Crippen MR) is 295 cm³/mol. The molecule has 10 aromatic carbocycles. The van der Waals surface area contributed by atoms with E-state index in [-0.39, 0.29) is 0 Å². The van der Waals surface area contributed by atoms with Crippen molar-refractivity contribution in [3.8, 4) is 62.7 Å². The number of hydrogen-bond donors (Lipinski definition) is 0. The summed E-state index contributed by atoms with van der Waals surface area (Å²) in [4.78, 5) is 15.4. The van der Waals surface area contributed by atoms with E-state index in [1.807, 2.05) is 96.3 Å². The minimum Gasteiger partial charge on any atom is -0.454 e. The Kier molecular flexibility index (Phi) is 8.76. The molecule has 8 heteroatoms. The number of fused-ring (bicyclic) bond motifs is 13. The highest BCUT2D eigenvalue weighted by molar-refractivity contribution is 7.25. The molecule has 7 nitrogen and oxygen atoms in total. The second-order valence-corrected chi connectivity index (χ2v) is 19.3. The van der Waals surface area contributed by atoms with Gasteiger partial charge in [0.2, 0.25) is 0 Å². The molecule has 334 valence electrons. The average Bonchev–Trinajstić information content (AvgIpc) is 4.21. The second kappa shape index (κ2) is 15.7. The van der Waals surface area contributed by atoms with Crippen molar-refractivity contribution in [1.29, 1.82) is 5.26 Å². The highest BCUT2D eigenvalue weighted by atomic mass is 32.1. The summed E-state index contributed by atoms with van der Waals surface area (Å²) in [6.07, 6.45) is 0. The molecule has 5 heterocycles. The first-order valence-electron chi connectivity index (χ1n) is 23.9. The SMILES string of the molecule is N#Cc1cc(-c2nc(-c3ccccc3)nc(-c3ccccc3)n2)c2c(oc3ccccc32)c1-n1c2ccccc2c2c1c(-c1ccc3sc4ccccc4c3c1)cc1c3ccccc3n(-c3ccccc3)c12. The van der Waals surface area contributed by atoms with Gasteiger partial charge in [-0.3, -0.25) is 0 Å². The maximum Gasteiger partial charge on any atom is 0.164 e. The van der Waals surface area contributed by atoms with Crippen LogP contribution >= 0.6 is 11.3 Å². The smallest absolute Gasteiger partial charge is 0.164 e. The summed E-state index contributed by atoms with van der Waals surface area (Å²) in [5.74, 6) is 1.50. The van der Waals surface area contributed by atoms with Crippen LogP contribution in [0.25, 0.3) is 142 Å². The van der Waals surface area contributed by atoms with Crippen molar-refractivity contribution in [2.75, 3.05) is 0 Å². The molecule has 0 N–H and O–H groups in total. The Hall–Kier alpha value is -9.68.